The van der Waals surface area contributed by atoms with Crippen LogP contribution in [-0.2, 0) is 9.53 Å². The van der Waals surface area contributed by atoms with Crippen molar-refractivity contribution in [2.75, 3.05) is 30.3 Å². The van der Waals surface area contributed by atoms with Crippen LogP contribution in [0.2, 0.25) is 0 Å². The van der Waals surface area contributed by atoms with E-state index in [-0.39, 0.29) is 18.6 Å². The second-order valence-electron chi connectivity index (χ2n) is 4.88. The molecule has 7 nitrogen and oxygen atoms in total. The summed E-state index contributed by atoms with van der Waals surface area (Å²) in [6.07, 6.45) is 1.98. The van der Waals surface area contributed by atoms with Crippen molar-refractivity contribution in [1.29, 1.82) is 0 Å². The van der Waals surface area contributed by atoms with Crippen LogP contribution in [-0.4, -0.2) is 37.7 Å². The van der Waals surface area contributed by atoms with Crippen LogP contribution >= 0.6 is 0 Å². The van der Waals surface area contributed by atoms with Crippen LogP contribution in [0.4, 0.5) is 16.2 Å². The average molecular weight is 292 g/mol. The molecule has 1 aliphatic heterocycles. The third-order valence-corrected chi connectivity index (χ3v) is 3.15. The van der Waals surface area contributed by atoms with E-state index in [1.165, 1.54) is 0 Å². The second kappa shape index (κ2) is 7.61. The first kappa shape index (κ1) is 15.3. The molecule has 0 aliphatic carbocycles. The van der Waals surface area contributed by atoms with Gasteiger partial charge >= 0.3 is 6.03 Å². The van der Waals surface area contributed by atoms with Crippen LogP contribution in [0, 0.1) is 0 Å². The van der Waals surface area contributed by atoms with Crippen molar-refractivity contribution in [3.63, 3.8) is 0 Å². The number of ether oxygens (including phenoxy) is 1. The normalized spacial score (nSPS) is 15.4. The van der Waals surface area contributed by atoms with Crippen LogP contribution in [0.25, 0.3) is 0 Å². The summed E-state index contributed by atoms with van der Waals surface area (Å²) in [5.74, 6) is -0.218. The van der Waals surface area contributed by atoms with Crippen LogP contribution in [0.1, 0.15) is 12.8 Å². The van der Waals surface area contributed by atoms with Crippen LogP contribution < -0.4 is 21.7 Å². The lowest BCUT2D eigenvalue weighted by Crippen LogP contribution is -2.34. The van der Waals surface area contributed by atoms with E-state index in [0.717, 1.165) is 25.9 Å². The maximum Gasteiger partial charge on any atom is 0.316 e. The summed E-state index contributed by atoms with van der Waals surface area (Å²) in [4.78, 5) is 22.6. The van der Waals surface area contributed by atoms with Gasteiger partial charge in [-0.05, 0) is 44.1 Å². The van der Waals surface area contributed by atoms with E-state index in [9.17, 15) is 9.59 Å². The molecule has 0 atom stereocenters. The van der Waals surface area contributed by atoms with Gasteiger partial charge in [-0.3, -0.25) is 4.79 Å². The molecule has 1 aromatic carbocycles. The molecule has 0 bridgehead atoms. The number of hydrogen-bond acceptors (Lipinski definition) is 4. The van der Waals surface area contributed by atoms with Crippen molar-refractivity contribution < 1.29 is 14.3 Å². The minimum atomic E-state index is -0.646. The highest BCUT2D eigenvalue weighted by Crippen LogP contribution is 2.15. The maximum atomic E-state index is 11.8. The molecule has 0 radical (unpaired) electrons. The van der Waals surface area contributed by atoms with Gasteiger partial charge in [-0.25, -0.2) is 4.79 Å². The highest BCUT2D eigenvalue weighted by Gasteiger charge is 2.14. The Bertz CT molecular complexity index is 501. The third-order valence-electron chi connectivity index (χ3n) is 3.15. The number of rotatable bonds is 5. The molecule has 114 valence electrons. The molecule has 0 aromatic heterocycles. The smallest absolute Gasteiger partial charge is 0.316 e. The molecule has 3 amide bonds. The van der Waals surface area contributed by atoms with Crippen molar-refractivity contribution in [1.82, 2.24) is 5.32 Å². The summed E-state index contributed by atoms with van der Waals surface area (Å²) in [7, 11) is 0. The molecule has 21 heavy (non-hydrogen) atoms. The minimum Gasteiger partial charge on any atom is -0.368 e. The van der Waals surface area contributed by atoms with Crippen molar-refractivity contribution in [2.45, 2.75) is 18.9 Å². The number of nitrogens with two attached hydrogens (primary N) is 1. The number of carbonyl (C=O) groups excluding carboxylic acids is 2. The number of hydrogen-bond donors (Lipinski definition) is 4. The lowest BCUT2D eigenvalue weighted by atomic mass is 10.1. The lowest BCUT2D eigenvalue weighted by molar-refractivity contribution is -0.123. The first-order valence-corrected chi connectivity index (χ1v) is 6.92. The first-order chi connectivity index (χ1) is 10.1. The summed E-state index contributed by atoms with van der Waals surface area (Å²) in [5, 5.41) is 8.41. The van der Waals surface area contributed by atoms with Gasteiger partial charge in [0.15, 0.2) is 0 Å². The third kappa shape index (κ3) is 5.41. The Morgan fingerprint density at radius 3 is 2.57 bits per heavy atom. The molecule has 2 rings (SSSR count). The molecule has 0 spiro atoms. The Morgan fingerprint density at radius 1 is 1.24 bits per heavy atom. The van der Waals surface area contributed by atoms with Gasteiger partial charge in [0.25, 0.3) is 0 Å². The zero-order valence-electron chi connectivity index (χ0n) is 11.7. The zero-order valence-corrected chi connectivity index (χ0v) is 11.7. The van der Waals surface area contributed by atoms with Crippen LogP contribution in [0.3, 0.4) is 0 Å². The van der Waals surface area contributed by atoms with Gasteiger partial charge in [-0.2, -0.15) is 0 Å². The molecule has 1 saturated heterocycles. The summed E-state index contributed by atoms with van der Waals surface area (Å²) in [6, 6.07) is 6.12. The fraction of sp³-hybridized carbons (Fsp3) is 0.429. The first-order valence-electron chi connectivity index (χ1n) is 6.92. The molecule has 1 heterocycles. The van der Waals surface area contributed by atoms with Gasteiger partial charge in [0.1, 0.15) is 6.61 Å². The monoisotopic (exact) mass is 292 g/mol. The summed E-state index contributed by atoms with van der Waals surface area (Å²) in [6.45, 7) is 1.87. The summed E-state index contributed by atoms with van der Waals surface area (Å²) < 4.78 is 5.57. The van der Waals surface area contributed by atoms with Crippen molar-refractivity contribution >= 4 is 23.3 Å². The van der Waals surface area contributed by atoms with Gasteiger partial charge < -0.3 is 26.4 Å². The average Bonchev–Trinajstić information content (AvgIpc) is 2.46. The van der Waals surface area contributed by atoms with Gasteiger partial charge in [0.05, 0.1) is 6.10 Å². The standard InChI is InChI=1S/C14H20N4O3/c15-14(20)18-11-3-1-2-10(8-11)17-13(19)9-21-12-4-6-16-7-5-12/h1-3,8,12,16H,4-7,9H2,(H,17,19)(H3,15,18,20). The molecule has 7 heteroatoms. The predicted octanol–water partition coefficient (Wildman–Crippen LogP) is 0.884. The largest absolute Gasteiger partial charge is 0.368 e. The van der Waals surface area contributed by atoms with Crippen molar-refractivity contribution in [2.24, 2.45) is 5.73 Å². The summed E-state index contributed by atoms with van der Waals surface area (Å²) >= 11 is 0. The minimum absolute atomic E-state index is 0.0259. The van der Waals surface area contributed by atoms with Crippen molar-refractivity contribution in [3.05, 3.63) is 24.3 Å². The predicted molar refractivity (Wildman–Crippen MR) is 80.1 cm³/mol. The maximum absolute atomic E-state index is 11.8. The summed E-state index contributed by atoms with van der Waals surface area (Å²) in [5.41, 5.74) is 6.15. The van der Waals surface area contributed by atoms with Gasteiger partial charge in [-0.15, -0.1) is 0 Å². The highest BCUT2D eigenvalue weighted by molar-refractivity contribution is 5.93. The van der Waals surface area contributed by atoms with Gasteiger partial charge in [0, 0.05) is 11.4 Å². The molecule has 0 saturated carbocycles. The molecule has 1 aromatic rings. The Labute approximate surface area is 123 Å². The van der Waals surface area contributed by atoms with Gasteiger partial charge in [-0.1, -0.05) is 6.07 Å². The van der Waals surface area contributed by atoms with E-state index in [1.54, 1.807) is 24.3 Å². The van der Waals surface area contributed by atoms with E-state index in [0.29, 0.717) is 11.4 Å². The Kier molecular flexibility index (Phi) is 5.53. The molecular weight excluding hydrogens is 272 g/mol. The molecule has 0 unspecified atom stereocenters. The Balaban J connectivity index is 1.80. The molecule has 5 N–H and O–H groups in total. The zero-order chi connectivity index (χ0) is 15.1. The Morgan fingerprint density at radius 2 is 1.90 bits per heavy atom. The van der Waals surface area contributed by atoms with E-state index in [2.05, 4.69) is 16.0 Å². The topological polar surface area (TPSA) is 105 Å². The van der Waals surface area contributed by atoms with E-state index < -0.39 is 6.03 Å². The SMILES string of the molecule is NC(=O)Nc1cccc(NC(=O)COC2CCNCC2)c1. The number of nitrogens with one attached hydrogen (secondary N) is 3. The second-order valence-corrected chi connectivity index (χ2v) is 4.88. The fourth-order valence-corrected chi connectivity index (χ4v) is 2.17. The van der Waals surface area contributed by atoms with Crippen LogP contribution in [0.5, 0.6) is 0 Å². The van der Waals surface area contributed by atoms with Crippen LogP contribution in [0.15, 0.2) is 24.3 Å². The number of piperidine rings is 1. The lowest BCUT2D eigenvalue weighted by Gasteiger charge is -2.22. The van der Waals surface area contributed by atoms with Gasteiger partial charge in [0.2, 0.25) is 5.91 Å². The van der Waals surface area contributed by atoms with E-state index >= 15 is 0 Å². The van der Waals surface area contributed by atoms with E-state index in [4.69, 9.17) is 10.5 Å². The Hall–Kier alpha value is -2.12. The number of carbonyl (C=O) groups is 2. The quantitative estimate of drug-likeness (QED) is 0.646. The number of primary amides is 1. The fourth-order valence-electron chi connectivity index (χ4n) is 2.17. The molecule has 1 aliphatic rings. The van der Waals surface area contributed by atoms with E-state index in [1.807, 2.05) is 0 Å². The number of benzene rings is 1. The number of amides is 3. The highest BCUT2D eigenvalue weighted by atomic mass is 16.5. The number of anilines is 2. The van der Waals surface area contributed by atoms with Crippen molar-refractivity contribution in [3.8, 4) is 0 Å². The number of urea groups is 1. The molecule has 1 fully saturated rings. The molecular formula is C14H20N4O3.